The zero-order valence-corrected chi connectivity index (χ0v) is 23.4. The van der Waals surface area contributed by atoms with Crippen LogP contribution in [-0.2, 0) is 0 Å². The Morgan fingerprint density at radius 1 is 1.05 bits per heavy atom. The Bertz CT molecular complexity index is 1500. The second-order valence-corrected chi connectivity index (χ2v) is 12.2. The number of rotatable bonds is 8. The van der Waals surface area contributed by atoms with E-state index in [9.17, 15) is 27.2 Å². The van der Waals surface area contributed by atoms with Crippen LogP contribution in [0.25, 0.3) is 5.65 Å². The first-order valence-electron chi connectivity index (χ1n) is 14.4. The summed E-state index contributed by atoms with van der Waals surface area (Å²) in [5, 5.41) is 11.5. The standard InChI is InChI=1S/C28H34F4N8O2/c1-15(2)40-21(25(33)41)10-19(37-40)23(16-5-7-27(29,30)8-6-16)20-12-39-22(36-20)9-18(11-35-39)24(17-3-4-17)38-14-28(31,32)13-34-26(38)42/h9-12,15-17,23-24H,3-8,13-14H2,1-2H3,(H2,33,41)(H,34,42)/t23-,24-/m1/s1. The molecular formula is C28H34F4N8O2. The number of alkyl halides is 4. The van der Waals surface area contributed by atoms with E-state index >= 15 is 0 Å². The van der Waals surface area contributed by atoms with Crippen LogP contribution in [0.3, 0.4) is 0 Å². The number of carbonyl (C=O) groups excluding carboxylic acids is 2. The zero-order chi connectivity index (χ0) is 30.0. The molecule has 226 valence electrons. The number of imidazole rings is 1. The molecule has 10 nitrogen and oxygen atoms in total. The van der Waals surface area contributed by atoms with Crippen LogP contribution >= 0.6 is 0 Å². The van der Waals surface area contributed by atoms with Crippen molar-refractivity contribution < 1.29 is 27.2 Å². The summed E-state index contributed by atoms with van der Waals surface area (Å²) in [6.07, 6.45) is 4.85. The van der Waals surface area contributed by atoms with Crippen LogP contribution in [0.4, 0.5) is 22.4 Å². The molecule has 0 spiro atoms. The molecule has 3 aromatic rings. The molecule has 0 aromatic carbocycles. The highest BCUT2D eigenvalue weighted by molar-refractivity contribution is 5.91. The molecule has 0 radical (unpaired) electrons. The van der Waals surface area contributed by atoms with Crippen LogP contribution in [0.2, 0.25) is 0 Å². The lowest BCUT2D eigenvalue weighted by molar-refractivity contribution is -0.0476. The van der Waals surface area contributed by atoms with Crippen LogP contribution in [0, 0.1) is 11.8 Å². The van der Waals surface area contributed by atoms with E-state index in [0.29, 0.717) is 22.6 Å². The Labute approximate surface area is 239 Å². The molecule has 3 aromatic heterocycles. The van der Waals surface area contributed by atoms with Crippen molar-refractivity contribution in [2.24, 2.45) is 17.6 Å². The van der Waals surface area contributed by atoms with E-state index in [2.05, 4.69) is 15.5 Å². The molecule has 4 heterocycles. The van der Waals surface area contributed by atoms with Crippen LogP contribution in [0.5, 0.6) is 0 Å². The van der Waals surface area contributed by atoms with Gasteiger partial charge in [-0.25, -0.2) is 31.9 Å². The lowest BCUT2D eigenvalue weighted by atomic mass is 9.76. The van der Waals surface area contributed by atoms with Crippen LogP contribution in [0.1, 0.15) is 97.8 Å². The maximum atomic E-state index is 14.3. The molecule has 3 amide bonds. The molecule has 2 saturated carbocycles. The Balaban J connectivity index is 1.39. The average molecular weight is 591 g/mol. The number of hydrogen-bond acceptors (Lipinski definition) is 5. The number of nitrogens with one attached hydrogen (secondary N) is 1. The lowest BCUT2D eigenvalue weighted by Gasteiger charge is -2.38. The Morgan fingerprint density at radius 2 is 1.76 bits per heavy atom. The van der Waals surface area contributed by atoms with Crippen LogP contribution in [0.15, 0.2) is 24.5 Å². The zero-order valence-electron chi connectivity index (χ0n) is 23.4. The van der Waals surface area contributed by atoms with Crippen molar-refractivity contribution in [3.8, 4) is 0 Å². The van der Waals surface area contributed by atoms with Crippen molar-refractivity contribution >= 4 is 17.6 Å². The summed E-state index contributed by atoms with van der Waals surface area (Å²) in [5.74, 6) is -7.12. The number of urea groups is 1. The molecule has 1 saturated heterocycles. The third kappa shape index (κ3) is 5.42. The number of primary amides is 1. The molecule has 6 rings (SSSR count). The first-order valence-corrected chi connectivity index (χ1v) is 14.4. The van der Waals surface area contributed by atoms with Gasteiger partial charge in [-0.2, -0.15) is 10.2 Å². The Kier molecular flexibility index (Phi) is 6.92. The number of fused-ring (bicyclic) bond motifs is 1. The SMILES string of the molecule is CC(C)n1nc([C@H](c2cn3ncc([C@@H](C4CC4)N4CC(F)(F)CNC4=O)cc3n2)C2CCC(F)(F)CC2)cc1C(N)=O. The second kappa shape index (κ2) is 10.2. The quantitative estimate of drug-likeness (QED) is 0.369. The molecule has 0 unspecified atom stereocenters. The van der Waals surface area contributed by atoms with E-state index in [1.807, 2.05) is 13.8 Å². The van der Waals surface area contributed by atoms with E-state index in [-0.39, 0.29) is 49.3 Å². The normalized spacial score (nSPS) is 22.4. The summed E-state index contributed by atoms with van der Waals surface area (Å²) in [6, 6.07) is 2.07. The van der Waals surface area contributed by atoms with Crippen LogP contribution in [-0.4, -0.2) is 66.2 Å². The van der Waals surface area contributed by atoms with Gasteiger partial charge in [0.15, 0.2) is 5.65 Å². The summed E-state index contributed by atoms with van der Waals surface area (Å²) < 4.78 is 59.9. The molecule has 42 heavy (non-hydrogen) atoms. The van der Waals surface area contributed by atoms with Crippen molar-refractivity contribution in [2.75, 3.05) is 13.1 Å². The fraction of sp³-hybridized carbons (Fsp3) is 0.607. The van der Waals surface area contributed by atoms with Gasteiger partial charge in [0.05, 0.1) is 42.9 Å². The van der Waals surface area contributed by atoms with Crippen molar-refractivity contribution in [3.05, 3.63) is 47.2 Å². The van der Waals surface area contributed by atoms with E-state index in [1.165, 1.54) is 9.58 Å². The maximum absolute atomic E-state index is 14.3. The molecule has 2 atom stereocenters. The van der Waals surface area contributed by atoms with Crippen molar-refractivity contribution in [2.45, 2.75) is 82.2 Å². The lowest BCUT2D eigenvalue weighted by Crippen LogP contribution is -2.58. The predicted molar refractivity (Wildman–Crippen MR) is 143 cm³/mol. The first kappa shape index (κ1) is 28.4. The minimum absolute atomic E-state index is 0.0345. The second-order valence-electron chi connectivity index (χ2n) is 12.2. The van der Waals surface area contributed by atoms with Crippen molar-refractivity contribution in [1.82, 2.24) is 34.6 Å². The number of halogens is 4. The summed E-state index contributed by atoms with van der Waals surface area (Å²) >= 11 is 0. The smallest absolute Gasteiger partial charge is 0.318 e. The van der Waals surface area contributed by atoms with E-state index in [1.54, 1.807) is 29.0 Å². The molecule has 3 aliphatic rings. The number of nitrogens with two attached hydrogens (primary N) is 1. The highest BCUT2D eigenvalue weighted by Crippen LogP contribution is 2.47. The Morgan fingerprint density at radius 3 is 2.38 bits per heavy atom. The average Bonchev–Trinajstić information content (AvgIpc) is 3.49. The third-order valence-electron chi connectivity index (χ3n) is 8.63. The highest BCUT2D eigenvalue weighted by Gasteiger charge is 2.47. The number of carbonyl (C=O) groups is 2. The van der Waals surface area contributed by atoms with E-state index in [4.69, 9.17) is 10.7 Å². The predicted octanol–water partition coefficient (Wildman–Crippen LogP) is 4.67. The molecule has 2 aliphatic carbocycles. The fourth-order valence-electron chi connectivity index (χ4n) is 6.42. The molecule has 3 N–H and O–H groups in total. The third-order valence-corrected chi connectivity index (χ3v) is 8.63. The van der Waals surface area contributed by atoms with Gasteiger partial charge in [-0.05, 0) is 69.1 Å². The van der Waals surface area contributed by atoms with Crippen molar-refractivity contribution in [3.63, 3.8) is 0 Å². The number of hydrogen-bond donors (Lipinski definition) is 2. The van der Waals surface area contributed by atoms with Gasteiger partial charge in [-0.3, -0.25) is 9.48 Å². The number of nitrogens with zero attached hydrogens (tertiary/aromatic N) is 6. The largest absolute Gasteiger partial charge is 0.364 e. The van der Waals surface area contributed by atoms with Crippen LogP contribution < -0.4 is 11.1 Å². The van der Waals surface area contributed by atoms with Gasteiger partial charge in [-0.15, -0.1) is 0 Å². The molecular weight excluding hydrogens is 556 g/mol. The summed E-state index contributed by atoms with van der Waals surface area (Å²) in [6.45, 7) is 2.36. The van der Waals surface area contributed by atoms with Crippen molar-refractivity contribution in [1.29, 1.82) is 0 Å². The van der Waals surface area contributed by atoms with E-state index < -0.39 is 48.8 Å². The van der Waals surface area contributed by atoms with E-state index in [0.717, 1.165) is 12.8 Å². The van der Waals surface area contributed by atoms with Gasteiger partial charge >= 0.3 is 6.03 Å². The number of aromatic nitrogens is 5. The molecule has 3 fully saturated rings. The van der Waals surface area contributed by atoms with Gasteiger partial charge < -0.3 is 16.0 Å². The maximum Gasteiger partial charge on any atom is 0.318 e. The molecule has 0 bridgehead atoms. The Hall–Kier alpha value is -3.71. The van der Waals surface area contributed by atoms with Gasteiger partial charge in [0.25, 0.3) is 11.8 Å². The summed E-state index contributed by atoms with van der Waals surface area (Å²) in [7, 11) is 0. The fourth-order valence-corrected chi connectivity index (χ4v) is 6.42. The minimum atomic E-state index is -3.05. The van der Waals surface area contributed by atoms with Gasteiger partial charge in [-0.1, -0.05) is 0 Å². The summed E-state index contributed by atoms with van der Waals surface area (Å²) in [5.41, 5.74) is 7.95. The van der Waals surface area contributed by atoms with Gasteiger partial charge in [0, 0.05) is 24.8 Å². The topological polar surface area (TPSA) is 123 Å². The van der Waals surface area contributed by atoms with Gasteiger partial charge in [0.1, 0.15) is 5.69 Å². The monoisotopic (exact) mass is 590 g/mol. The first-order chi connectivity index (χ1) is 19.8. The number of amides is 3. The molecule has 1 aliphatic heterocycles. The molecule has 14 heteroatoms. The summed E-state index contributed by atoms with van der Waals surface area (Å²) in [4.78, 5) is 30.9. The van der Waals surface area contributed by atoms with Gasteiger partial charge in [0.2, 0.25) is 5.92 Å². The minimum Gasteiger partial charge on any atom is -0.364 e. The highest BCUT2D eigenvalue weighted by atomic mass is 19.3.